The molecular weight excluding hydrogens is 368 g/mol. The first-order valence-corrected chi connectivity index (χ1v) is 9.74. The maximum absolute atomic E-state index is 13.1. The summed E-state index contributed by atoms with van der Waals surface area (Å²) in [6.45, 7) is 0.452. The monoisotopic (exact) mass is 384 g/mol. The van der Waals surface area contributed by atoms with Crippen LogP contribution < -0.4 is 5.56 Å². The van der Waals surface area contributed by atoms with Gasteiger partial charge >= 0.3 is 0 Å². The third-order valence-corrected chi connectivity index (χ3v) is 5.38. The van der Waals surface area contributed by atoms with Gasteiger partial charge in [0.05, 0.1) is 23.6 Å². The van der Waals surface area contributed by atoms with Crippen molar-refractivity contribution in [2.45, 2.75) is 17.5 Å². The summed E-state index contributed by atoms with van der Waals surface area (Å²) in [5.41, 5.74) is 3.09. The molecule has 0 aliphatic rings. The van der Waals surface area contributed by atoms with E-state index in [9.17, 15) is 4.79 Å². The normalized spacial score (nSPS) is 10.7. The highest BCUT2D eigenvalue weighted by atomic mass is 32.2. The summed E-state index contributed by atoms with van der Waals surface area (Å²) in [6, 6.07) is 22.9. The van der Waals surface area contributed by atoms with Crippen LogP contribution in [-0.2, 0) is 12.3 Å². The Morgan fingerprint density at radius 3 is 2.50 bits per heavy atom. The van der Waals surface area contributed by atoms with Gasteiger partial charge in [-0.1, -0.05) is 54.2 Å². The van der Waals surface area contributed by atoms with Crippen LogP contribution in [0.25, 0.3) is 11.0 Å². The third-order valence-electron chi connectivity index (χ3n) is 4.33. The molecule has 0 aliphatic heterocycles. The summed E-state index contributed by atoms with van der Waals surface area (Å²) in [7, 11) is 0. The molecule has 0 aliphatic carbocycles. The van der Waals surface area contributed by atoms with Crippen molar-refractivity contribution in [1.82, 2.24) is 14.5 Å². The molecule has 4 rings (SSSR count). The molecule has 0 atom stereocenters. The van der Waals surface area contributed by atoms with Gasteiger partial charge in [-0.25, -0.2) is 9.97 Å². The Kier molecular flexibility index (Phi) is 5.18. The lowest BCUT2D eigenvalue weighted by Crippen LogP contribution is -2.24. The summed E-state index contributed by atoms with van der Waals surface area (Å²) in [5, 5.41) is 10.1. The lowest BCUT2D eigenvalue weighted by atomic mass is 10.2. The zero-order chi connectivity index (χ0) is 19.3. The number of fused-ring (bicyclic) bond motifs is 1. The molecule has 5 nitrogen and oxygen atoms in total. The topological polar surface area (TPSA) is 71.6 Å². The fourth-order valence-corrected chi connectivity index (χ4v) is 3.82. The van der Waals surface area contributed by atoms with Crippen LogP contribution in [0.1, 0.15) is 16.7 Å². The number of hydrogen-bond donors (Lipinski definition) is 0. The first-order valence-electron chi connectivity index (χ1n) is 8.76. The Balaban J connectivity index is 1.71. The standard InChI is InChI=1S/C22H16N4OS/c23-13-16-8-10-18(11-9-16)15-28-22-25-20-19(7-4-12-24-20)21(27)26(22)14-17-5-2-1-3-6-17/h1-12H,14-15H2. The second kappa shape index (κ2) is 8.07. The lowest BCUT2D eigenvalue weighted by Gasteiger charge is -2.13. The van der Waals surface area contributed by atoms with Crippen molar-refractivity contribution in [3.8, 4) is 6.07 Å². The van der Waals surface area contributed by atoms with Crippen molar-refractivity contribution >= 4 is 22.8 Å². The van der Waals surface area contributed by atoms with Crippen molar-refractivity contribution in [3.63, 3.8) is 0 Å². The van der Waals surface area contributed by atoms with Crippen molar-refractivity contribution in [1.29, 1.82) is 5.26 Å². The van der Waals surface area contributed by atoms with E-state index in [1.54, 1.807) is 35.0 Å². The van der Waals surface area contributed by atoms with Crippen molar-refractivity contribution in [2.24, 2.45) is 0 Å². The summed E-state index contributed by atoms with van der Waals surface area (Å²) in [5.74, 6) is 0.644. The van der Waals surface area contributed by atoms with E-state index in [1.165, 1.54) is 11.8 Å². The second-order valence-corrected chi connectivity index (χ2v) is 7.19. The maximum Gasteiger partial charge on any atom is 0.263 e. The zero-order valence-electron chi connectivity index (χ0n) is 14.9. The molecule has 28 heavy (non-hydrogen) atoms. The van der Waals surface area contributed by atoms with E-state index in [4.69, 9.17) is 5.26 Å². The van der Waals surface area contributed by atoms with Gasteiger partial charge in [0.2, 0.25) is 0 Å². The van der Waals surface area contributed by atoms with Crippen LogP contribution in [0.2, 0.25) is 0 Å². The first kappa shape index (κ1) is 18.0. The first-order chi connectivity index (χ1) is 13.7. The van der Waals surface area contributed by atoms with Crippen LogP contribution in [0.4, 0.5) is 0 Å². The minimum Gasteiger partial charge on any atom is -0.282 e. The van der Waals surface area contributed by atoms with Gasteiger partial charge in [0, 0.05) is 11.9 Å². The molecule has 4 aromatic rings. The Labute approximate surface area is 166 Å². The van der Waals surface area contributed by atoms with Crippen LogP contribution in [0, 0.1) is 11.3 Å². The molecule has 0 saturated carbocycles. The average Bonchev–Trinajstić information content (AvgIpc) is 2.75. The Bertz CT molecular complexity index is 1210. The van der Waals surface area contributed by atoms with E-state index in [1.807, 2.05) is 42.5 Å². The van der Waals surface area contributed by atoms with Crippen LogP contribution in [0.5, 0.6) is 0 Å². The van der Waals surface area contributed by atoms with Crippen LogP contribution in [0.3, 0.4) is 0 Å². The Morgan fingerprint density at radius 2 is 1.75 bits per heavy atom. The fourth-order valence-electron chi connectivity index (χ4n) is 2.88. The molecule has 136 valence electrons. The largest absolute Gasteiger partial charge is 0.282 e. The predicted octanol–water partition coefficient (Wildman–Crippen LogP) is 4.00. The van der Waals surface area contributed by atoms with E-state index in [2.05, 4.69) is 16.0 Å². The molecule has 0 N–H and O–H groups in total. The molecule has 6 heteroatoms. The summed E-state index contributed by atoms with van der Waals surface area (Å²) in [6.07, 6.45) is 1.64. The molecule has 2 aromatic carbocycles. The van der Waals surface area contributed by atoms with Crippen LogP contribution >= 0.6 is 11.8 Å². The fraction of sp³-hybridized carbons (Fsp3) is 0.0909. The number of thioether (sulfide) groups is 1. The number of pyridine rings is 1. The highest BCUT2D eigenvalue weighted by molar-refractivity contribution is 7.98. The smallest absolute Gasteiger partial charge is 0.263 e. The van der Waals surface area contributed by atoms with Crippen molar-refractivity contribution in [2.75, 3.05) is 0 Å². The van der Waals surface area contributed by atoms with Crippen molar-refractivity contribution < 1.29 is 0 Å². The molecule has 2 aromatic heterocycles. The van der Waals surface area contributed by atoms with Gasteiger partial charge in [0.1, 0.15) is 0 Å². The quantitative estimate of drug-likeness (QED) is 0.384. The van der Waals surface area contributed by atoms with E-state index in [-0.39, 0.29) is 5.56 Å². The van der Waals surface area contributed by atoms with Gasteiger partial charge in [-0.3, -0.25) is 9.36 Å². The van der Waals surface area contributed by atoms with E-state index in [0.717, 1.165) is 11.1 Å². The van der Waals surface area contributed by atoms with Gasteiger partial charge in [0.15, 0.2) is 10.8 Å². The molecule has 2 heterocycles. The predicted molar refractivity (Wildman–Crippen MR) is 110 cm³/mol. The number of nitriles is 1. The minimum atomic E-state index is -0.0933. The van der Waals surface area contributed by atoms with Gasteiger partial charge in [0.25, 0.3) is 5.56 Å². The number of nitrogens with zero attached hydrogens (tertiary/aromatic N) is 4. The molecule has 0 amide bonds. The Hall–Kier alpha value is -3.43. The second-order valence-electron chi connectivity index (χ2n) is 6.24. The highest BCUT2D eigenvalue weighted by Crippen LogP contribution is 2.22. The number of hydrogen-bond acceptors (Lipinski definition) is 5. The summed E-state index contributed by atoms with van der Waals surface area (Å²) < 4.78 is 1.70. The van der Waals surface area contributed by atoms with Gasteiger partial charge in [-0.2, -0.15) is 5.26 Å². The van der Waals surface area contributed by atoms with Crippen LogP contribution in [0.15, 0.2) is 82.9 Å². The number of aromatic nitrogens is 3. The molecule has 0 radical (unpaired) electrons. The third kappa shape index (κ3) is 3.80. The van der Waals surface area contributed by atoms with E-state index >= 15 is 0 Å². The average molecular weight is 384 g/mol. The van der Waals surface area contributed by atoms with Crippen LogP contribution in [-0.4, -0.2) is 14.5 Å². The molecule has 0 saturated heterocycles. The summed E-state index contributed by atoms with van der Waals surface area (Å²) in [4.78, 5) is 22.0. The molecule has 0 unspecified atom stereocenters. The van der Waals surface area contributed by atoms with Gasteiger partial charge in [-0.15, -0.1) is 0 Å². The molecular formula is C22H16N4OS. The zero-order valence-corrected chi connectivity index (χ0v) is 15.8. The SMILES string of the molecule is N#Cc1ccc(CSc2nc3ncccc3c(=O)n2Cc2ccccc2)cc1. The molecule has 0 spiro atoms. The van der Waals surface area contributed by atoms with Gasteiger partial charge < -0.3 is 0 Å². The van der Waals surface area contributed by atoms with E-state index in [0.29, 0.717) is 34.1 Å². The van der Waals surface area contributed by atoms with E-state index < -0.39 is 0 Å². The summed E-state index contributed by atoms with van der Waals surface area (Å²) >= 11 is 1.49. The minimum absolute atomic E-state index is 0.0933. The highest BCUT2D eigenvalue weighted by Gasteiger charge is 2.13. The number of rotatable bonds is 5. The van der Waals surface area contributed by atoms with Crippen molar-refractivity contribution in [3.05, 3.63) is 100.0 Å². The van der Waals surface area contributed by atoms with Gasteiger partial charge in [-0.05, 0) is 35.4 Å². The number of benzene rings is 2. The molecule has 0 bridgehead atoms. The Morgan fingerprint density at radius 1 is 0.964 bits per heavy atom. The molecule has 0 fully saturated rings. The maximum atomic E-state index is 13.1. The lowest BCUT2D eigenvalue weighted by molar-refractivity contribution is 0.656.